The molecule has 1 aromatic rings. The average Bonchev–Trinajstić information content (AvgIpc) is 3.19. The normalized spacial score (nSPS) is 15.9. The smallest absolute Gasteiger partial charge is 0.328 e. The highest BCUT2D eigenvalue weighted by Crippen LogP contribution is 2.01. The van der Waals surface area contributed by atoms with E-state index in [1.165, 1.54) is 19.4 Å². The molecular weight excluding hydrogens is 420 g/mol. The number of carboxylic acid groups (broad SMARTS) is 1. The summed E-state index contributed by atoms with van der Waals surface area (Å²) in [7, 11) is 0. The number of carbonyl (C=O) groups is 4. The highest BCUT2D eigenvalue weighted by atomic mass is 32.1. The number of aliphatic hydroxyl groups is 2. The molecule has 5 atom stereocenters. The standard InChI is InChI=1S/C16H26N6O7S/c1-7(24)12(22-13(25)9(17)2-8-3-18-6-19-8)15(27)21-11(5-30)14(26)20-10(4-23)16(28)29/h3,6-7,9-12,23-24,30H,2,4-5,17H2,1H3,(H,18,19)(H,20,26)(H,21,27)(H,22,25)(H,28,29). The van der Waals surface area contributed by atoms with Crippen LogP contribution in [0.15, 0.2) is 12.5 Å². The SMILES string of the molecule is CC(O)C(NC(=O)C(N)Cc1cnc[nH]1)C(=O)NC(CS)C(=O)NC(CO)C(=O)O. The Kier molecular flexibility index (Phi) is 10.2. The number of amides is 3. The van der Waals surface area contributed by atoms with E-state index in [0.717, 1.165) is 0 Å². The van der Waals surface area contributed by atoms with Gasteiger partial charge in [-0.15, -0.1) is 0 Å². The Morgan fingerprint density at radius 1 is 1.17 bits per heavy atom. The van der Waals surface area contributed by atoms with Gasteiger partial charge in [-0.2, -0.15) is 12.6 Å². The molecule has 1 rings (SSSR count). The van der Waals surface area contributed by atoms with Crippen molar-refractivity contribution in [2.45, 2.75) is 43.6 Å². The molecule has 0 saturated carbocycles. The molecule has 0 spiro atoms. The van der Waals surface area contributed by atoms with Crippen LogP contribution in [-0.2, 0) is 25.6 Å². The highest BCUT2D eigenvalue weighted by Gasteiger charge is 2.31. The Labute approximate surface area is 177 Å². The summed E-state index contributed by atoms with van der Waals surface area (Å²) in [5.74, 6) is -4.21. The topological polar surface area (TPSA) is 220 Å². The molecule has 0 saturated heterocycles. The summed E-state index contributed by atoms with van der Waals surface area (Å²) in [6.45, 7) is 0.405. The van der Waals surface area contributed by atoms with Gasteiger partial charge in [-0.3, -0.25) is 14.4 Å². The third-order valence-electron chi connectivity index (χ3n) is 4.01. The largest absolute Gasteiger partial charge is 0.480 e. The van der Waals surface area contributed by atoms with Crippen molar-refractivity contribution in [3.63, 3.8) is 0 Å². The number of H-pyrrole nitrogens is 1. The number of hydrogen-bond acceptors (Lipinski definition) is 9. The number of thiol groups is 1. The van der Waals surface area contributed by atoms with Gasteiger partial charge in [0.05, 0.1) is 25.1 Å². The maximum absolute atomic E-state index is 12.5. The van der Waals surface area contributed by atoms with Crippen LogP contribution >= 0.6 is 12.6 Å². The molecule has 1 aromatic heterocycles. The van der Waals surface area contributed by atoms with Crippen molar-refractivity contribution in [1.82, 2.24) is 25.9 Å². The number of nitrogens with two attached hydrogens (primary N) is 1. The summed E-state index contributed by atoms with van der Waals surface area (Å²) < 4.78 is 0. The van der Waals surface area contributed by atoms with E-state index in [1.807, 2.05) is 5.32 Å². The maximum atomic E-state index is 12.5. The number of carbonyl (C=O) groups excluding carboxylic acids is 3. The zero-order valence-corrected chi connectivity index (χ0v) is 17.0. The minimum atomic E-state index is -1.57. The second kappa shape index (κ2) is 12.1. The Morgan fingerprint density at radius 2 is 1.80 bits per heavy atom. The first-order chi connectivity index (χ1) is 14.1. The van der Waals surface area contributed by atoms with Crippen molar-refractivity contribution in [2.24, 2.45) is 5.73 Å². The lowest BCUT2D eigenvalue weighted by Crippen LogP contribution is -2.60. The number of imidazole rings is 1. The van der Waals surface area contributed by atoms with Gasteiger partial charge in [-0.1, -0.05) is 0 Å². The third kappa shape index (κ3) is 7.62. The Hall–Kier alpha value is -2.68. The monoisotopic (exact) mass is 446 g/mol. The summed E-state index contributed by atoms with van der Waals surface area (Å²) in [4.78, 5) is 54.4. The third-order valence-corrected chi connectivity index (χ3v) is 4.37. The van der Waals surface area contributed by atoms with Crippen molar-refractivity contribution in [3.8, 4) is 0 Å². The average molecular weight is 446 g/mol. The minimum Gasteiger partial charge on any atom is -0.480 e. The van der Waals surface area contributed by atoms with Crippen LogP contribution in [0.5, 0.6) is 0 Å². The molecule has 3 amide bonds. The number of aromatic nitrogens is 2. The van der Waals surface area contributed by atoms with Crippen LogP contribution in [0.2, 0.25) is 0 Å². The summed E-state index contributed by atoms with van der Waals surface area (Å²) >= 11 is 3.94. The highest BCUT2D eigenvalue weighted by molar-refractivity contribution is 7.80. The van der Waals surface area contributed by atoms with Crippen molar-refractivity contribution in [1.29, 1.82) is 0 Å². The number of aliphatic hydroxyl groups excluding tert-OH is 2. The molecule has 1 heterocycles. The van der Waals surface area contributed by atoms with Crippen LogP contribution < -0.4 is 21.7 Å². The molecule has 0 aliphatic heterocycles. The molecule has 0 bridgehead atoms. The quantitative estimate of drug-likeness (QED) is 0.143. The van der Waals surface area contributed by atoms with E-state index >= 15 is 0 Å². The zero-order valence-electron chi connectivity index (χ0n) is 16.1. The van der Waals surface area contributed by atoms with Gasteiger partial charge in [0.2, 0.25) is 17.7 Å². The first-order valence-corrected chi connectivity index (χ1v) is 9.50. The summed E-state index contributed by atoms with van der Waals surface area (Å²) in [6, 6.07) is -5.33. The lowest BCUT2D eigenvalue weighted by atomic mass is 10.1. The number of aliphatic carboxylic acids is 1. The minimum absolute atomic E-state index is 0.111. The summed E-state index contributed by atoms with van der Waals surface area (Å²) in [6.07, 6.45) is 1.68. The van der Waals surface area contributed by atoms with Crippen molar-refractivity contribution >= 4 is 36.3 Å². The lowest BCUT2D eigenvalue weighted by molar-refractivity contribution is -0.143. The van der Waals surface area contributed by atoms with Gasteiger partial charge in [0.25, 0.3) is 0 Å². The van der Waals surface area contributed by atoms with E-state index in [1.54, 1.807) is 0 Å². The van der Waals surface area contributed by atoms with Crippen LogP contribution in [0.4, 0.5) is 0 Å². The molecule has 0 aliphatic carbocycles. The van der Waals surface area contributed by atoms with Crippen molar-refractivity contribution in [3.05, 3.63) is 18.2 Å². The van der Waals surface area contributed by atoms with Gasteiger partial charge < -0.3 is 42.0 Å². The summed E-state index contributed by atoms with van der Waals surface area (Å²) in [5.41, 5.74) is 6.40. The molecule has 30 heavy (non-hydrogen) atoms. The Balaban J connectivity index is 2.75. The molecule has 168 valence electrons. The van der Waals surface area contributed by atoms with Gasteiger partial charge in [0, 0.05) is 24.1 Å². The second-order valence-corrected chi connectivity index (χ2v) is 6.81. The van der Waals surface area contributed by atoms with Crippen molar-refractivity contribution in [2.75, 3.05) is 12.4 Å². The van der Waals surface area contributed by atoms with E-state index in [4.69, 9.17) is 15.9 Å². The molecule has 0 aromatic carbocycles. The van der Waals surface area contributed by atoms with E-state index < -0.39 is 60.6 Å². The number of aromatic amines is 1. The number of rotatable bonds is 12. The van der Waals surface area contributed by atoms with Gasteiger partial charge in [-0.25, -0.2) is 9.78 Å². The fraction of sp³-hybridized carbons (Fsp3) is 0.562. The molecular formula is C16H26N6O7S. The number of nitrogens with one attached hydrogen (secondary N) is 4. The van der Waals surface area contributed by atoms with Gasteiger partial charge in [0.1, 0.15) is 18.1 Å². The first kappa shape index (κ1) is 25.4. The summed E-state index contributed by atoms with van der Waals surface area (Å²) in [5, 5.41) is 34.4. The predicted molar refractivity (Wildman–Crippen MR) is 106 cm³/mol. The number of carboxylic acids is 1. The Morgan fingerprint density at radius 3 is 2.27 bits per heavy atom. The van der Waals surface area contributed by atoms with E-state index in [-0.39, 0.29) is 12.2 Å². The van der Waals surface area contributed by atoms with E-state index in [9.17, 15) is 24.3 Å². The first-order valence-electron chi connectivity index (χ1n) is 8.87. The number of hydrogen-bond donors (Lipinski definition) is 9. The predicted octanol–water partition coefficient (Wildman–Crippen LogP) is -3.88. The number of nitrogens with zero attached hydrogens (tertiary/aromatic N) is 1. The van der Waals surface area contributed by atoms with Gasteiger partial charge >= 0.3 is 5.97 Å². The molecule has 14 heteroatoms. The van der Waals surface area contributed by atoms with E-state index in [2.05, 4.69) is 33.2 Å². The zero-order chi connectivity index (χ0) is 22.8. The van der Waals surface area contributed by atoms with Crippen LogP contribution in [-0.4, -0.2) is 91.6 Å². The van der Waals surface area contributed by atoms with E-state index in [0.29, 0.717) is 5.69 Å². The molecule has 9 N–H and O–H groups in total. The fourth-order valence-electron chi connectivity index (χ4n) is 2.30. The van der Waals surface area contributed by atoms with Crippen LogP contribution in [0.25, 0.3) is 0 Å². The van der Waals surface area contributed by atoms with Gasteiger partial charge in [-0.05, 0) is 6.92 Å². The van der Waals surface area contributed by atoms with Gasteiger partial charge in [0.15, 0.2) is 0 Å². The molecule has 0 radical (unpaired) electrons. The van der Waals surface area contributed by atoms with Crippen LogP contribution in [0.3, 0.4) is 0 Å². The lowest BCUT2D eigenvalue weighted by Gasteiger charge is -2.25. The molecule has 0 fully saturated rings. The molecule has 13 nitrogen and oxygen atoms in total. The second-order valence-electron chi connectivity index (χ2n) is 6.44. The Bertz CT molecular complexity index is 730. The fourth-order valence-corrected chi connectivity index (χ4v) is 2.56. The van der Waals surface area contributed by atoms with Crippen LogP contribution in [0.1, 0.15) is 12.6 Å². The van der Waals surface area contributed by atoms with Crippen molar-refractivity contribution < 1.29 is 34.5 Å². The van der Waals surface area contributed by atoms with Crippen LogP contribution in [0, 0.1) is 0 Å². The maximum Gasteiger partial charge on any atom is 0.328 e. The molecule has 5 unspecified atom stereocenters. The molecule has 0 aliphatic rings.